The Labute approximate surface area is 114 Å². The van der Waals surface area contributed by atoms with Crippen LogP contribution in [0.1, 0.15) is 16.1 Å². The monoisotopic (exact) mass is 272 g/mol. The number of nitrogen functional groups attached to an aromatic ring is 1. The second-order valence-corrected chi connectivity index (χ2v) is 4.14. The van der Waals surface area contributed by atoms with Crippen LogP contribution in [0.2, 0.25) is 0 Å². The molecule has 1 aromatic heterocycles. The number of aromatic nitrogens is 1. The van der Waals surface area contributed by atoms with E-state index in [4.69, 9.17) is 5.73 Å². The van der Waals surface area contributed by atoms with Crippen molar-refractivity contribution in [3.05, 3.63) is 57.9 Å². The largest absolute Gasteiger partial charge is 0.393 e. The summed E-state index contributed by atoms with van der Waals surface area (Å²) in [4.78, 5) is 26.4. The average molecular weight is 272 g/mol. The molecule has 0 unspecified atom stereocenters. The number of carbonyl (C=O) groups excluding carboxylic acids is 1. The number of rotatable bonds is 3. The first-order valence-electron chi connectivity index (χ1n) is 5.76. The Hall–Kier alpha value is -2.96. The molecule has 1 amide bonds. The number of nitrogens with zero attached hydrogens (tertiary/aromatic N) is 2. The van der Waals surface area contributed by atoms with E-state index in [1.54, 1.807) is 25.3 Å². The Balaban J connectivity index is 2.35. The molecule has 3 N–H and O–H groups in total. The van der Waals surface area contributed by atoms with Gasteiger partial charge in [-0.15, -0.1) is 0 Å². The molecule has 0 aliphatic heterocycles. The zero-order valence-corrected chi connectivity index (χ0v) is 10.7. The summed E-state index contributed by atoms with van der Waals surface area (Å²) in [6, 6.07) is 7.50. The third-order valence-corrected chi connectivity index (χ3v) is 2.65. The van der Waals surface area contributed by atoms with Crippen molar-refractivity contribution >= 4 is 23.0 Å². The average Bonchev–Trinajstić information content (AvgIpc) is 2.37. The predicted molar refractivity (Wildman–Crippen MR) is 74.4 cm³/mol. The lowest BCUT2D eigenvalue weighted by Crippen LogP contribution is -2.15. The van der Waals surface area contributed by atoms with Gasteiger partial charge in [-0.2, -0.15) is 0 Å². The van der Waals surface area contributed by atoms with Crippen LogP contribution in [0.3, 0.4) is 0 Å². The van der Waals surface area contributed by atoms with Gasteiger partial charge in [0.2, 0.25) is 0 Å². The number of nitrogens with one attached hydrogen (secondary N) is 1. The molecule has 0 aliphatic rings. The van der Waals surface area contributed by atoms with Crippen LogP contribution in [-0.2, 0) is 0 Å². The Morgan fingerprint density at radius 2 is 2.15 bits per heavy atom. The summed E-state index contributed by atoms with van der Waals surface area (Å²) >= 11 is 0. The van der Waals surface area contributed by atoms with Crippen LogP contribution in [0.15, 0.2) is 36.5 Å². The smallest absolute Gasteiger partial charge is 0.304 e. The van der Waals surface area contributed by atoms with E-state index >= 15 is 0 Å². The van der Waals surface area contributed by atoms with Gasteiger partial charge in [0.1, 0.15) is 11.3 Å². The van der Waals surface area contributed by atoms with Crippen molar-refractivity contribution in [3.63, 3.8) is 0 Å². The fourth-order valence-electron chi connectivity index (χ4n) is 1.77. The molecule has 0 aliphatic carbocycles. The number of nitro groups is 1. The number of pyridine rings is 1. The number of para-hydroxylation sites is 1. The highest BCUT2D eigenvalue weighted by molar-refractivity contribution is 6.08. The lowest BCUT2D eigenvalue weighted by atomic mass is 10.1. The van der Waals surface area contributed by atoms with Crippen molar-refractivity contribution in [2.45, 2.75) is 6.92 Å². The second-order valence-electron chi connectivity index (χ2n) is 4.14. The number of nitrogens with two attached hydrogens (primary N) is 1. The molecule has 1 aromatic carbocycles. The lowest BCUT2D eigenvalue weighted by molar-refractivity contribution is -0.384. The molecular weight excluding hydrogens is 260 g/mol. The van der Waals surface area contributed by atoms with Crippen LogP contribution in [0.25, 0.3) is 0 Å². The molecule has 2 rings (SSSR count). The Bertz CT molecular complexity index is 685. The van der Waals surface area contributed by atoms with Gasteiger partial charge in [0.25, 0.3) is 5.91 Å². The van der Waals surface area contributed by atoms with E-state index in [1.165, 1.54) is 18.2 Å². The van der Waals surface area contributed by atoms with Crippen LogP contribution in [0, 0.1) is 17.0 Å². The highest BCUT2D eigenvalue weighted by atomic mass is 16.6. The number of benzene rings is 1. The minimum atomic E-state index is -0.665. The number of amides is 1. The number of anilines is 2. The van der Waals surface area contributed by atoms with Gasteiger partial charge in [0.05, 0.1) is 4.92 Å². The molecule has 0 spiro atoms. The molecule has 0 radical (unpaired) electrons. The van der Waals surface area contributed by atoms with Crippen molar-refractivity contribution in [3.8, 4) is 0 Å². The molecular formula is C13H12N4O3. The number of carbonyl (C=O) groups is 1. The predicted octanol–water partition coefficient (Wildman–Crippen LogP) is 2.13. The molecule has 2 aromatic rings. The van der Waals surface area contributed by atoms with Gasteiger partial charge < -0.3 is 11.1 Å². The van der Waals surface area contributed by atoms with Gasteiger partial charge >= 0.3 is 5.69 Å². The van der Waals surface area contributed by atoms with Gasteiger partial charge in [0.15, 0.2) is 0 Å². The summed E-state index contributed by atoms with van der Waals surface area (Å²) in [5.41, 5.74) is 6.27. The molecule has 0 fully saturated rings. The Kier molecular flexibility index (Phi) is 3.60. The van der Waals surface area contributed by atoms with Crippen LogP contribution in [-0.4, -0.2) is 15.8 Å². The van der Waals surface area contributed by atoms with Gasteiger partial charge in [-0.05, 0) is 31.2 Å². The molecule has 0 saturated carbocycles. The van der Waals surface area contributed by atoms with E-state index in [1.807, 2.05) is 0 Å². The molecule has 0 saturated heterocycles. The molecule has 0 bridgehead atoms. The number of aryl methyl sites for hydroxylation is 1. The van der Waals surface area contributed by atoms with Crippen molar-refractivity contribution in [1.82, 2.24) is 4.98 Å². The molecule has 20 heavy (non-hydrogen) atoms. The topological polar surface area (TPSA) is 111 Å². The quantitative estimate of drug-likeness (QED) is 0.505. The van der Waals surface area contributed by atoms with E-state index in [9.17, 15) is 14.9 Å². The molecule has 7 heteroatoms. The first kappa shape index (κ1) is 13.5. The molecule has 0 atom stereocenters. The van der Waals surface area contributed by atoms with E-state index in [-0.39, 0.29) is 11.3 Å². The van der Waals surface area contributed by atoms with Crippen molar-refractivity contribution < 1.29 is 9.72 Å². The van der Waals surface area contributed by atoms with E-state index in [2.05, 4.69) is 10.3 Å². The first-order valence-corrected chi connectivity index (χ1v) is 5.76. The summed E-state index contributed by atoms with van der Waals surface area (Å²) in [5, 5.41) is 13.6. The molecule has 7 nitrogen and oxygen atoms in total. The zero-order valence-electron chi connectivity index (χ0n) is 10.7. The summed E-state index contributed by atoms with van der Waals surface area (Å²) in [6.45, 7) is 1.78. The van der Waals surface area contributed by atoms with Crippen LogP contribution in [0.4, 0.5) is 17.1 Å². The van der Waals surface area contributed by atoms with Gasteiger partial charge in [-0.1, -0.05) is 6.07 Å². The van der Waals surface area contributed by atoms with Crippen molar-refractivity contribution in [2.24, 2.45) is 0 Å². The van der Waals surface area contributed by atoms with Crippen LogP contribution >= 0.6 is 0 Å². The Morgan fingerprint density at radius 3 is 2.80 bits per heavy atom. The summed E-state index contributed by atoms with van der Waals surface area (Å²) < 4.78 is 0. The number of hydrogen-bond donors (Lipinski definition) is 2. The first-order chi connectivity index (χ1) is 9.49. The normalized spacial score (nSPS) is 10.1. The standard InChI is InChI=1S/C13H12N4O3/c1-8-7-9(5-6-15-8)16-13(18)10-3-2-4-11(14)12(10)17(19)20/h2-7H,14H2,1H3,(H,15,16,18). The Morgan fingerprint density at radius 1 is 1.40 bits per heavy atom. The van der Waals surface area contributed by atoms with Crippen molar-refractivity contribution in [1.29, 1.82) is 0 Å². The maximum atomic E-state index is 12.1. The third-order valence-electron chi connectivity index (χ3n) is 2.65. The van der Waals surface area contributed by atoms with Crippen LogP contribution in [0.5, 0.6) is 0 Å². The maximum absolute atomic E-state index is 12.1. The van der Waals surface area contributed by atoms with E-state index < -0.39 is 16.5 Å². The number of hydrogen-bond acceptors (Lipinski definition) is 5. The van der Waals surface area contributed by atoms with Gasteiger partial charge in [0, 0.05) is 17.6 Å². The van der Waals surface area contributed by atoms with E-state index in [0.717, 1.165) is 5.69 Å². The summed E-state index contributed by atoms with van der Waals surface area (Å²) in [7, 11) is 0. The highest BCUT2D eigenvalue weighted by Crippen LogP contribution is 2.26. The fraction of sp³-hybridized carbons (Fsp3) is 0.0769. The summed E-state index contributed by atoms with van der Waals surface area (Å²) in [5.74, 6) is -0.588. The zero-order chi connectivity index (χ0) is 14.7. The van der Waals surface area contributed by atoms with Gasteiger partial charge in [-0.3, -0.25) is 19.9 Å². The van der Waals surface area contributed by atoms with Crippen molar-refractivity contribution in [2.75, 3.05) is 11.1 Å². The minimum absolute atomic E-state index is 0.0476. The van der Waals surface area contributed by atoms with E-state index in [0.29, 0.717) is 5.69 Å². The molecule has 102 valence electrons. The third kappa shape index (κ3) is 2.72. The van der Waals surface area contributed by atoms with Crippen LogP contribution < -0.4 is 11.1 Å². The SMILES string of the molecule is Cc1cc(NC(=O)c2cccc(N)c2[N+](=O)[O-])ccn1. The number of nitro benzene ring substituents is 1. The highest BCUT2D eigenvalue weighted by Gasteiger charge is 2.23. The van der Waals surface area contributed by atoms with Gasteiger partial charge in [-0.25, -0.2) is 0 Å². The molecule has 1 heterocycles. The summed E-state index contributed by atoms with van der Waals surface area (Å²) in [6.07, 6.45) is 1.54. The second kappa shape index (κ2) is 5.35. The maximum Gasteiger partial charge on any atom is 0.304 e. The minimum Gasteiger partial charge on any atom is -0.393 e. The lowest BCUT2D eigenvalue weighted by Gasteiger charge is -2.07. The fourth-order valence-corrected chi connectivity index (χ4v) is 1.77.